The Hall–Kier alpha value is -2.75. The molecule has 0 atom stereocenters. The van der Waals surface area contributed by atoms with Crippen molar-refractivity contribution in [2.24, 2.45) is 17.8 Å². The molecule has 0 saturated carbocycles. The number of fused-ring (bicyclic) bond motifs is 3. The van der Waals surface area contributed by atoms with Gasteiger partial charge in [-0.2, -0.15) is 10.1 Å². The van der Waals surface area contributed by atoms with Crippen molar-refractivity contribution in [3.05, 3.63) is 46.2 Å². The lowest BCUT2D eigenvalue weighted by molar-refractivity contribution is 0.410. The van der Waals surface area contributed by atoms with Gasteiger partial charge in [-0.25, -0.2) is 9.97 Å². The number of aromatic nitrogens is 4. The van der Waals surface area contributed by atoms with Gasteiger partial charge in [-0.05, 0) is 50.0 Å². The lowest BCUT2D eigenvalue weighted by Gasteiger charge is -2.15. The van der Waals surface area contributed by atoms with Gasteiger partial charge in [0.15, 0.2) is 0 Å². The molecule has 0 spiro atoms. The van der Waals surface area contributed by atoms with Gasteiger partial charge in [-0.3, -0.25) is 4.68 Å². The first kappa shape index (κ1) is 21.5. The van der Waals surface area contributed by atoms with E-state index in [-0.39, 0.29) is 0 Å². The van der Waals surface area contributed by atoms with E-state index in [1.165, 1.54) is 0 Å². The molecule has 31 heavy (non-hydrogen) atoms. The van der Waals surface area contributed by atoms with Crippen molar-refractivity contribution in [1.82, 2.24) is 30.0 Å². The maximum Gasteiger partial charge on any atom is 0.251 e. The molecule has 4 rings (SSSR count). The molecule has 0 aliphatic heterocycles. The highest BCUT2D eigenvalue weighted by Gasteiger charge is 2.28. The molecule has 0 amide bonds. The Labute approximate surface area is 190 Å². The molecule has 3 heterocycles. The van der Waals surface area contributed by atoms with Gasteiger partial charge in [-0.1, -0.05) is 11.6 Å². The van der Waals surface area contributed by atoms with E-state index in [2.05, 4.69) is 20.2 Å². The summed E-state index contributed by atoms with van der Waals surface area (Å²) in [5, 5.41) is 10.6. The topological polar surface area (TPSA) is 97.2 Å². The van der Waals surface area contributed by atoms with Gasteiger partial charge >= 0.3 is 0 Å². The Bertz CT molecular complexity index is 1140. The van der Waals surface area contributed by atoms with Crippen molar-refractivity contribution in [2.75, 3.05) is 27.2 Å². The van der Waals surface area contributed by atoms with Crippen molar-refractivity contribution in [3.63, 3.8) is 0 Å². The second-order valence-corrected chi connectivity index (χ2v) is 8.89. The van der Waals surface area contributed by atoms with Crippen LogP contribution in [0, 0.1) is 0 Å². The normalized spacial score (nSPS) is 13.6. The lowest BCUT2D eigenvalue weighted by atomic mass is 9.93. The van der Waals surface area contributed by atoms with E-state index in [9.17, 15) is 0 Å². The number of likely N-dealkylation sites (N-methyl/N-ethyl adjacent to an activating group) is 1. The van der Waals surface area contributed by atoms with Crippen LogP contribution in [0.5, 0.6) is 0 Å². The molecule has 1 aliphatic rings. The number of aryl methyl sites for hydroxylation is 3. The van der Waals surface area contributed by atoms with Gasteiger partial charge in [0.25, 0.3) is 5.95 Å². The van der Waals surface area contributed by atoms with Crippen LogP contribution < -0.4 is 11.1 Å². The smallest absolute Gasteiger partial charge is 0.251 e. The zero-order valence-corrected chi connectivity index (χ0v) is 19.3. The number of nitrogens with two attached hydrogens (primary N) is 1. The molecule has 8 nitrogen and oxygen atoms in total. The Morgan fingerprint density at radius 2 is 2.26 bits per heavy atom. The zero-order chi connectivity index (χ0) is 22.0. The Kier molecular flexibility index (Phi) is 6.35. The second-order valence-electron chi connectivity index (χ2n) is 7.56. The summed E-state index contributed by atoms with van der Waals surface area (Å²) in [6, 6.07) is 1.90. The molecule has 162 valence electrons. The molecular formula is C21H25ClN8S. The third kappa shape index (κ3) is 4.63. The van der Waals surface area contributed by atoms with Gasteiger partial charge in [0, 0.05) is 32.5 Å². The predicted molar refractivity (Wildman–Crippen MR) is 127 cm³/mol. The van der Waals surface area contributed by atoms with Crippen molar-refractivity contribution in [1.29, 1.82) is 0 Å². The number of nitrogens with zero attached hydrogens (tertiary/aromatic N) is 6. The van der Waals surface area contributed by atoms with Crippen molar-refractivity contribution < 1.29 is 0 Å². The molecule has 0 unspecified atom stereocenters. The number of nitrogens with one attached hydrogen (secondary N) is 1. The molecule has 0 bridgehead atoms. The van der Waals surface area contributed by atoms with Crippen LogP contribution in [0.3, 0.4) is 0 Å². The standard InChI is InChI=1S/C21H25ClN8S/c1-29(2)10-9-24-8-6-16(23)26-21-25-12-13-4-5-15-17(18(13)27-21)19(30(3)28-15)20-14(22)7-11-31-20/h6-8,11-12,24H,4-5,9-10H2,1-3H3,(H2,23,25,26,27)/b8-6-. The van der Waals surface area contributed by atoms with E-state index in [1.807, 2.05) is 43.5 Å². The van der Waals surface area contributed by atoms with Gasteiger partial charge in [0.05, 0.1) is 32.5 Å². The number of halogens is 1. The van der Waals surface area contributed by atoms with E-state index in [0.29, 0.717) is 16.8 Å². The van der Waals surface area contributed by atoms with E-state index >= 15 is 0 Å². The average molecular weight is 457 g/mol. The number of hydrogen-bond donors (Lipinski definition) is 2. The maximum absolute atomic E-state index is 6.44. The number of amidine groups is 1. The molecule has 10 heteroatoms. The van der Waals surface area contributed by atoms with Gasteiger partial charge < -0.3 is 16.0 Å². The highest BCUT2D eigenvalue weighted by Crippen LogP contribution is 2.43. The summed E-state index contributed by atoms with van der Waals surface area (Å²) in [6.45, 7) is 1.75. The molecule has 3 aromatic rings. The highest BCUT2D eigenvalue weighted by molar-refractivity contribution is 7.14. The first-order valence-electron chi connectivity index (χ1n) is 9.98. The molecule has 0 radical (unpaired) electrons. The molecule has 3 aromatic heterocycles. The fraction of sp³-hybridized carbons (Fsp3) is 0.333. The van der Waals surface area contributed by atoms with Crippen LogP contribution in [0.4, 0.5) is 5.95 Å². The quantitative estimate of drug-likeness (QED) is 0.322. The highest BCUT2D eigenvalue weighted by atomic mass is 35.5. The third-order valence-corrected chi connectivity index (χ3v) is 6.32. The predicted octanol–water partition coefficient (Wildman–Crippen LogP) is 3.01. The summed E-state index contributed by atoms with van der Waals surface area (Å²) in [6.07, 6.45) is 7.02. The fourth-order valence-electron chi connectivity index (χ4n) is 3.50. The fourth-order valence-corrected chi connectivity index (χ4v) is 4.73. The third-order valence-electron chi connectivity index (χ3n) is 4.98. The van der Waals surface area contributed by atoms with E-state index in [1.54, 1.807) is 23.6 Å². The average Bonchev–Trinajstić information content (AvgIpc) is 3.29. The summed E-state index contributed by atoms with van der Waals surface area (Å²) in [4.78, 5) is 16.6. The molecule has 3 N–H and O–H groups in total. The molecule has 0 aromatic carbocycles. The minimum absolute atomic E-state index is 0.328. The number of hydrogen-bond acceptors (Lipinski definition) is 7. The van der Waals surface area contributed by atoms with Crippen molar-refractivity contribution in [2.45, 2.75) is 12.8 Å². The second kappa shape index (κ2) is 9.17. The monoisotopic (exact) mass is 456 g/mol. The van der Waals surface area contributed by atoms with Gasteiger partial charge in [0.1, 0.15) is 5.84 Å². The summed E-state index contributed by atoms with van der Waals surface area (Å²) in [5.74, 6) is 0.662. The minimum atomic E-state index is 0.328. The summed E-state index contributed by atoms with van der Waals surface area (Å²) in [7, 11) is 6.00. The van der Waals surface area contributed by atoms with Gasteiger partial charge in [-0.15, -0.1) is 11.3 Å². The number of aliphatic imine (C=N–C) groups is 1. The zero-order valence-electron chi connectivity index (χ0n) is 17.8. The summed E-state index contributed by atoms with van der Waals surface area (Å²) >= 11 is 8.04. The van der Waals surface area contributed by atoms with Crippen LogP contribution in [0.2, 0.25) is 5.02 Å². The summed E-state index contributed by atoms with van der Waals surface area (Å²) < 4.78 is 1.89. The number of thiophene rings is 1. The van der Waals surface area contributed by atoms with E-state index in [0.717, 1.165) is 59.0 Å². The van der Waals surface area contributed by atoms with Gasteiger partial charge in [0.2, 0.25) is 0 Å². The van der Waals surface area contributed by atoms with Crippen molar-refractivity contribution >= 4 is 34.7 Å². The Balaban J connectivity index is 1.64. The van der Waals surface area contributed by atoms with Crippen molar-refractivity contribution in [3.8, 4) is 21.8 Å². The van der Waals surface area contributed by atoms with Crippen LogP contribution in [-0.2, 0) is 19.9 Å². The molecular weight excluding hydrogens is 432 g/mol. The molecule has 1 aliphatic carbocycles. The Morgan fingerprint density at radius 1 is 1.42 bits per heavy atom. The van der Waals surface area contributed by atoms with E-state index in [4.69, 9.17) is 27.4 Å². The molecule has 0 saturated heterocycles. The van der Waals surface area contributed by atoms with Crippen LogP contribution in [0.15, 0.2) is 34.9 Å². The minimum Gasteiger partial charge on any atom is -0.389 e. The van der Waals surface area contributed by atoms with E-state index < -0.39 is 0 Å². The number of rotatable bonds is 7. The van der Waals surface area contributed by atoms with Crippen LogP contribution in [0.25, 0.3) is 21.8 Å². The van der Waals surface area contributed by atoms with Crippen LogP contribution in [-0.4, -0.2) is 57.7 Å². The SMILES string of the molecule is CN(C)CCN/C=C\C(N)=N/c1ncc2c(n1)-c1c(nn(C)c1-c1sccc1Cl)CC2. The Morgan fingerprint density at radius 3 is 3.00 bits per heavy atom. The largest absolute Gasteiger partial charge is 0.389 e. The summed E-state index contributed by atoms with van der Waals surface area (Å²) in [5.41, 5.74) is 11.0. The van der Waals surface area contributed by atoms with Crippen LogP contribution >= 0.6 is 22.9 Å². The lowest BCUT2D eigenvalue weighted by Crippen LogP contribution is -2.23. The van der Waals surface area contributed by atoms with Crippen LogP contribution in [0.1, 0.15) is 11.3 Å². The maximum atomic E-state index is 6.44. The molecule has 0 fully saturated rings. The first-order valence-corrected chi connectivity index (χ1v) is 11.2. The first-order chi connectivity index (χ1) is 14.9.